The fraction of sp³-hybridized carbons (Fsp3) is 0.236. The Morgan fingerprint density at radius 3 is 1.76 bits per heavy atom. The number of rotatable bonds is 29. The predicted octanol–water partition coefficient (Wildman–Crippen LogP) is 17.6. The van der Waals surface area contributed by atoms with Gasteiger partial charge in [0.15, 0.2) is 0 Å². The van der Waals surface area contributed by atoms with E-state index in [4.69, 9.17) is 68.6 Å². The van der Waals surface area contributed by atoms with Gasteiger partial charge in [-0.3, -0.25) is 53.5 Å². The zero-order valence-electron chi connectivity index (χ0n) is 82.2. The van der Waals surface area contributed by atoms with Crippen molar-refractivity contribution in [1.29, 1.82) is 0 Å². The molecule has 0 aliphatic carbocycles. The van der Waals surface area contributed by atoms with Crippen LogP contribution in [-0.2, 0) is 60.0 Å². The molecular formula is C110H107ClN28O9. The van der Waals surface area contributed by atoms with E-state index in [1.54, 1.807) is 94.5 Å². The van der Waals surface area contributed by atoms with Gasteiger partial charge in [0, 0.05) is 260 Å². The van der Waals surface area contributed by atoms with Crippen molar-refractivity contribution < 1.29 is 42.8 Å². The highest BCUT2D eigenvalue weighted by atomic mass is 35.5. The first-order valence-corrected chi connectivity index (χ1v) is 48.5. The monoisotopic (exact) mass is 2000 g/mol. The summed E-state index contributed by atoms with van der Waals surface area (Å²) in [6.45, 7) is 13.1. The van der Waals surface area contributed by atoms with Gasteiger partial charge in [-0.1, -0.05) is 47.7 Å². The third-order valence-electron chi connectivity index (χ3n) is 24.0. The average molecular weight is 2000 g/mol. The number of aryl methyl sites for hydroxylation is 3. The van der Waals surface area contributed by atoms with Crippen LogP contribution >= 0.6 is 11.6 Å². The third-order valence-corrected chi connectivity index (χ3v) is 24.4. The molecule has 38 heteroatoms. The zero-order valence-corrected chi connectivity index (χ0v) is 83.0. The number of carbonyl (C=O) groups excluding carboxylic acids is 3. The van der Waals surface area contributed by atoms with Crippen LogP contribution in [0.25, 0.3) is 88.2 Å². The molecule has 3 fully saturated rings. The van der Waals surface area contributed by atoms with Crippen LogP contribution in [0.2, 0.25) is 5.02 Å². The summed E-state index contributed by atoms with van der Waals surface area (Å²) in [6, 6.07) is 49.9. The lowest BCUT2D eigenvalue weighted by molar-refractivity contribution is -0.127. The van der Waals surface area contributed by atoms with Gasteiger partial charge in [0.05, 0.1) is 83.0 Å². The van der Waals surface area contributed by atoms with Crippen LogP contribution in [0.5, 0.6) is 23.0 Å². The van der Waals surface area contributed by atoms with Crippen molar-refractivity contribution in [1.82, 2.24) is 109 Å². The van der Waals surface area contributed by atoms with Crippen LogP contribution in [0.4, 0.5) is 57.0 Å². The van der Waals surface area contributed by atoms with Crippen molar-refractivity contribution in [2.45, 2.75) is 84.3 Å². The number of ether oxygens (including phenoxy) is 6. The molecule has 8 aromatic carbocycles. The molecule has 18 aromatic rings. The Morgan fingerprint density at radius 1 is 0.534 bits per heavy atom. The minimum absolute atomic E-state index is 0.150. The summed E-state index contributed by atoms with van der Waals surface area (Å²) < 4.78 is 40.4. The molecule has 3 aliphatic heterocycles. The molecule has 0 spiro atoms. The van der Waals surface area contributed by atoms with Crippen LogP contribution in [0.1, 0.15) is 80.8 Å². The van der Waals surface area contributed by atoms with Gasteiger partial charge in [-0.05, 0) is 172 Å². The van der Waals surface area contributed by atoms with Gasteiger partial charge in [-0.2, -0.15) is 20.4 Å². The molecule has 1 atom stereocenters. The lowest BCUT2D eigenvalue weighted by Crippen LogP contribution is -2.53. The van der Waals surface area contributed by atoms with Gasteiger partial charge in [0.25, 0.3) is 0 Å². The van der Waals surface area contributed by atoms with Gasteiger partial charge in [0.1, 0.15) is 61.1 Å². The number of terminal acetylenes is 2. The van der Waals surface area contributed by atoms with Crippen LogP contribution in [0.15, 0.2) is 257 Å². The third kappa shape index (κ3) is 26.2. The number of fused-ring (bicyclic) bond motifs is 4. The van der Waals surface area contributed by atoms with E-state index < -0.39 is 17.7 Å². The van der Waals surface area contributed by atoms with Crippen molar-refractivity contribution in [3.05, 3.63) is 290 Å². The molecule has 21 rings (SSSR count). The van der Waals surface area contributed by atoms with E-state index in [-0.39, 0.29) is 31.6 Å². The lowest BCUT2D eigenvalue weighted by atomic mass is 10.0. The SMILES string of the molecule is C#Cc1ccc2nc(Nc3cc(OCCN)cc(-c4cnn(C)c4)c3)ncc2c1Cl.C#Cc1ccc2nc(Nc3cc(OCCNC(=O)[C@@H]4CCCCN4C(=O)OC(C)(C)C)cc(-c4cnn(C)c4)c3)ncc2c1.Cn1cc(-c2cc3cnc(Nc4cccc(N5CCCC5=O)c4)nc3cc2OCc2cnccn2)cn1.c1cncc(COc2cc3nc(Nc4cccc(CN5CCOCC5)c4)ncc3cc2-c2ccn[nH]2)c1. The topological polar surface area (TPSA) is 426 Å². The van der Waals surface area contributed by atoms with E-state index >= 15 is 0 Å². The van der Waals surface area contributed by atoms with E-state index in [9.17, 15) is 14.4 Å². The minimum Gasteiger partial charge on any atom is -0.492 e. The Hall–Kier alpha value is -17.9. The van der Waals surface area contributed by atoms with Crippen LogP contribution in [0.3, 0.4) is 0 Å². The first-order chi connectivity index (χ1) is 72.1. The molecule has 37 nitrogen and oxygen atoms in total. The maximum atomic E-state index is 13.1. The summed E-state index contributed by atoms with van der Waals surface area (Å²) >= 11 is 6.34. The number of halogens is 1. The standard InChI is InChI=1S/C33H37N7O4.C28H27N7O2.C27H24N8O2.C22H19ClN6O/c1-6-22-10-11-28-24(15-22)19-35-31(38-28)37-26-16-23(25-20-36-39(5)21-25)17-27(18-26)43-14-12-34-30(41)29-9-7-8-13-40(29)32(42)44-33(2,3)4;1-3-20(18-35-9-11-36-12-10-35)13-23(5-1)32-28-30-17-22-14-24(25-6-8-31-34-25)27(15-26(22)33-28)37-19-21-4-2-7-29-16-21;1-34-16-19(14-31-34)23-10-18-13-30-27(32-20-4-2-5-22(11-20)35-9-3-6-26(35)36)33-24(18)12-25(23)37-17-21-15-28-7-8-29-21;1-3-14-4-5-20-19(21(14)23)12-25-22(28-20)27-17-8-15(16-11-26-29(2)13-16)9-18(10-17)30-7-6-24/h1,10-11,15-21,29H,7-9,12-14H2,2-5H3,(H,34,41)(H,35,37,38);1-8,13-17H,9-12,18-19H2,(H,31,34)(H,30,32,33);2,4-5,7-8,10-16H,3,6,9,17H2,1H3,(H,30,32,33);1,4-5,8-13H,6-7,24H2,2H3,(H,25,27,28)/t29-;;;/m0.../s1. The number of benzene rings is 8. The van der Waals surface area contributed by atoms with Gasteiger partial charge >= 0.3 is 6.09 Å². The Labute approximate surface area is 857 Å². The van der Waals surface area contributed by atoms with E-state index in [2.05, 4.69) is 132 Å². The molecular weight excluding hydrogens is 1890 g/mol. The smallest absolute Gasteiger partial charge is 0.410 e. The number of piperidine rings is 1. The number of nitrogens with zero attached hydrogens (tertiary/aromatic N) is 21. The summed E-state index contributed by atoms with van der Waals surface area (Å²) in [5.74, 6) is 9.60. The molecule has 748 valence electrons. The maximum Gasteiger partial charge on any atom is 0.410 e. The van der Waals surface area contributed by atoms with E-state index in [0.717, 1.165) is 181 Å². The Bertz CT molecular complexity index is 7840. The number of pyridine rings is 1. The number of likely N-dealkylation sites (tertiary alicyclic amines) is 1. The number of hydrogen-bond donors (Lipinski definition) is 7. The summed E-state index contributed by atoms with van der Waals surface area (Å²) in [4.78, 5) is 92.9. The number of H-pyrrole nitrogens is 1. The van der Waals surface area contributed by atoms with Gasteiger partial charge in [0.2, 0.25) is 35.6 Å². The second-order valence-corrected chi connectivity index (χ2v) is 36.4. The minimum atomic E-state index is -0.631. The summed E-state index contributed by atoms with van der Waals surface area (Å²) in [6.07, 6.45) is 42.7. The number of aromatic amines is 1. The largest absolute Gasteiger partial charge is 0.492 e. The Morgan fingerprint density at radius 2 is 1.14 bits per heavy atom. The molecule has 3 saturated heterocycles. The quantitative estimate of drug-likeness (QED) is 0.0169. The van der Waals surface area contributed by atoms with Gasteiger partial charge < -0.3 is 65.6 Å². The number of nitrogens with two attached hydrogens (primary N) is 1. The van der Waals surface area contributed by atoms with Crippen LogP contribution in [-0.4, -0.2) is 199 Å². The highest BCUT2D eigenvalue weighted by molar-refractivity contribution is 6.36. The Balaban J connectivity index is 0.000000130. The molecule has 0 unspecified atom stereocenters. The predicted molar refractivity (Wildman–Crippen MR) is 568 cm³/mol. The molecule has 0 saturated carbocycles. The molecule has 13 heterocycles. The number of carbonyl (C=O) groups is 3. The maximum absolute atomic E-state index is 13.1. The molecule has 0 bridgehead atoms. The summed E-state index contributed by atoms with van der Waals surface area (Å²) in [5.41, 5.74) is 23.6. The van der Waals surface area contributed by atoms with Crippen molar-refractivity contribution in [3.8, 4) is 92.3 Å². The second kappa shape index (κ2) is 47.1. The number of nitrogens with one attached hydrogen (secondary N) is 6. The van der Waals surface area contributed by atoms with Gasteiger partial charge in [-0.25, -0.2) is 44.7 Å². The van der Waals surface area contributed by atoms with E-state index in [1.807, 2.05) is 205 Å². The number of aromatic nitrogens is 19. The molecule has 10 aromatic heterocycles. The highest BCUT2D eigenvalue weighted by Crippen LogP contribution is 2.40. The molecule has 3 amide bonds. The fourth-order valence-electron chi connectivity index (χ4n) is 16.8. The van der Waals surface area contributed by atoms with Crippen LogP contribution < -0.4 is 56.2 Å². The second-order valence-electron chi connectivity index (χ2n) is 36.1. The van der Waals surface area contributed by atoms with Crippen molar-refractivity contribution in [2.24, 2.45) is 26.9 Å². The van der Waals surface area contributed by atoms with Gasteiger partial charge in [-0.15, -0.1) is 12.8 Å². The molecule has 0 radical (unpaired) electrons. The van der Waals surface area contributed by atoms with Crippen molar-refractivity contribution in [2.75, 3.05) is 91.9 Å². The molecule has 3 aliphatic rings. The zero-order chi connectivity index (χ0) is 102. The molecule has 148 heavy (non-hydrogen) atoms. The number of anilines is 9. The highest BCUT2D eigenvalue weighted by Gasteiger charge is 2.35. The summed E-state index contributed by atoms with van der Waals surface area (Å²) in [7, 11) is 5.61. The number of amides is 3. The summed E-state index contributed by atoms with van der Waals surface area (Å²) in [5, 5.41) is 39.8. The van der Waals surface area contributed by atoms with E-state index in [0.29, 0.717) is 107 Å². The number of hydrogen-bond acceptors (Lipinski definition) is 30. The van der Waals surface area contributed by atoms with Crippen molar-refractivity contribution in [3.63, 3.8) is 0 Å². The van der Waals surface area contributed by atoms with E-state index in [1.165, 1.54) is 10.5 Å². The molecule has 8 N–H and O–H groups in total. The average Bonchev–Trinajstić information content (AvgIpc) is 1.50. The normalized spacial score (nSPS) is 13.5. The lowest BCUT2D eigenvalue weighted by Gasteiger charge is -2.35. The first-order valence-electron chi connectivity index (χ1n) is 48.1. The number of morpholine rings is 1. The Kier molecular flexibility index (Phi) is 31.9. The van der Waals surface area contributed by atoms with Crippen molar-refractivity contribution >= 4 is 125 Å². The van der Waals surface area contributed by atoms with Crippen LogP contribution in [0, 0.1) is 24.7 Å². The first kappa shape index (κ1) is 100. The fourth-order valence-corrected chi connectivity index (χ4v) is 17.1.